The van der Waals surface area contributed by atoms with E-state index < -0.39 is 0 Å². The summed E-state index contributed by atoms with van der Waals surface area (Å²) in [6.07, 6.45) is 3.27. The molecule has 0 aliphatic rings. The molecule has 2 rings (SSSR count). The van der Waals surface area contributed by atoms with E-state index in [1.807, 2.05) is 6.07 Å². The number of anilines is 2. The summed E-state index contributed by atoms with van der Waals surface area (Å²) in [7, 11) is 1.59. The quantitative estimate of drug-likeness (QED) is 0.718. The molecule has 5 nitrogen and oxygen atoms in total. The smallest absolute Gasteiger partial charge is 0.251 e. The number of nitrogens with one attached hydrogen (secondary N) is 2. The van der Waals surface area contributed by atoms with Gasteiger partial charge < -0.3 is 20.8 Å². The van der Waals surface area contributed by atoms with E-state index in [1.165, 1.54) is 0 Å². The number of nitrogen functional groups attached to an aromatic ring is 1. The molecule has 0 atom stereocenters. The van der Waals surface area contributed by atoms with Crippen molar-refractivity contribution in [1.29, 1.82) is 0 Å². The van der Waals surface area contributed by atoms with Crippen molar-refractivity contribution in [2.24, 2.45) is 0 Å². The molecule has 0 aliphatic carbocycles. The van der Waals surface area contributed by atoms with Gasteiger partial charge in [0.05, 0.1) is 23.9 Å². The van der Waals surface area contributed by atoms with E-state index in [0.717, 1.165) is 11.3 Å². The molecule has 2 aromatic rings. The highest BCUT2D eigenvalue weighted by molar-refractivity contribution is 5.96. The maximum Gasteiger partial charge on any atom is 0.251 e. The molecule has 0 saturated carbocycles. The second-order valence-electron chi connectivity index (χ2n) is 3.87. The fraction of sp³-hybridized carbons (Fsp3) is 0.154. The Morgan fingerprint density at radius 2 is 2.22 bits per heavy atom. The van der Waals surface area contributed by atoms with E-state index >= 15 is 0 Å². The molecule has 18 heavy (non-hydrogen) atoms. The van der Waals surface area contributed by atoms with Crippen LogP contribution in [0.15, 0.2) is 41.2 Å². The minimum Gasteiger partial charge on any atom is -0.472 e. The summed E-state index contributed by atoms with van der Waals surface area (Å²) in [5.41, 5.74) is 8.77. The molecular formula is C13H15N3O2. The number of nitrogens with two attached hydrogens (primary N) is 1. The number of carbonyl (C=O) groups excluding carboxylic acids is 1. The molecule has 0 bridgehead atoms. The molecule has 1 amide bonds. The number of hydrogen-bond acceptors (Lipinski definition) is 4. The van der Waals surface area contributed by atoms with E-state index in [-0.39, 0.29) is 5.91 Å². The third-order valence-corrected chi connectivity index (χ3v) is 2.61. The van der Waals surface area contributed by atoms with Crippen molar-refractivity contribution in [3.8, 4) is 0 Å². The molecule has 4 N–H and O–H groups in total. The molecular weight excluding hydrogens is 230 g/mol. The highest BCUT2D eigenvalue weighted by Gasteiger charge is 2.06. The summed E-state index contributed by atoms with van der Waals surface area (Å²) in [5, 5.41) is 5.74. The van der Waals surface area contributed by atoms with Gasteiger partial charge in [0.25, 0.3) is 5.91 Å². The highest BCUT2D eigenvalue weighted by atomic mass is 16.3. The van der Waals surface area contributed by atoms with Gasteiger partial charge in [-0.25, -0.2) is 0 Å². The third kappa shape index (κ3) is 2.63. The highest BCUT2D eigenvalue weighted by Crippen LogP contribution is 2.20. The average molecular weight is 245 g/mol. The summed E-state index contributed by atoms with van der Waals surface area (Å²) >= 11 is 0. The second-order valence-corrected chi connectivity index (χ2v) is 3.87. The monoisotopic (exact) mass is 245 g/mol. The average Bonchev–Trinajstić information content (AvgIpc) is 2.90. The first kappa shape index (κ1) is 12.0. The molecule has 5 heteroatoms. The van der Waals surface area contributed by atoms with Crippen LogP contribution < -0.4 is 16.4 Å². The number of furan rings is 1. The third-order valence-electron chi connectivity index (χ3n) is 2.61. The molecule has 0 fully saturated rings. The lowest BCUT2D eigenvalue weighted by Gasteiger charge is -2.10. The Morgan fingerprint density at radius 3 is 2.89 bits per heavy atom. The van der Waals surface area contributed by atoms with Gasteiger partial charge >= 0.3 is 0 Å². The Bertz CT molecular complexity index is 535. The van der Waals surface area contributed by atoms with Crippen molar-refractivity contribution in [3.63, 3.8) is 0 Å². The van der Waals surface area contributed by atoms with Crippen molar-refractivity contribution in [2.45, 2.75) is 6.54 Å². The van der Waals surface area contributed by atoms with Crippen molar-refractivity contribution >= 4 is 17.3 Å². The maximum atomic E-state index is 11.5. The Kier molecular flexibility index (Phi) is 3.52. The fourth-order valence-corrected chi connectivity index (χ4v) is 1.59. The van der Waals surface area contributed by atoms with Gasteiger partial charge in [-0.1, -0.05) is 0 Å². The summed E-state index contributed by atoms with van der Waals surface area (Å²) in [5.74, 6) is -0.138. The normalized spacial score (nSPS) is 10.1. The minimum atomic E-state index is -0.138. The molecule has 0 spiro atoms. The lowest BCUT2D eigenvalue weighted by atomic mass is 10.1. The van der Waals surface area contributed by atoms with Crippen molar-refractivity contribution < 1.29 is 9.21 Å². The molecule has 0 saturated heterocycles. The lowest BCUT2D eigenvalue weighted by Crippen LogP contribution is -2.18. The van der Waals surface area contributed by atoms with Crippen LogP contribution >= 0.6 is 0 Å². The van der Waals surface area contributed by atoms with Gasteiger partial charge in [-0.05, 0) is 24.3 Å². The number of rotatable bonds is 4. The van der Waals surface area contributed by atoms with Crippen LogP contribution in [0.3, 0.4) is 0 Å². The van der Waals surface area contributed by atoms with Crippen LogP contribution in [0.2, 0.25) is 0 Å². The van der Waals surface area contributed by atoms with Gasteiger partial charge in [-0.15, -0.1) is 0 Å². The molecule has 0 radical (unpaired) electrons. The Hall–Kier alpha value is -2.43. The van der Waals surface area contributed by atoms with E-state index in [9.17, 15) is 4.79 Å². The Morgan fingerprint density at radius 1 is 1.39 bits per heavy atom. The van der Waals surface area contributed by atoms with E-state index in [4.69, 9.17) is 10.2 Å². The number of carbonyl (C=O) groups is 1. The molecule has 1 heterocycles. The predicted molar refractivity (Wildman–Crippen MR) is 70.3 cm³/mol. The molecule has 1 aromatic heterocycles. The van der Waals surface area contributed by atoms with E-state index in [0.29, 0.717) is 17.8 Å². The van der Waals surface area contributed by atoms with Crippen LogP contribution in [0.5, 0.6) is 0 Å². The lowest BCUT2D eigenvalue weighted by molar-refractivity contribution is 0.0963. The maximum absolute atomic E-state index is 11.5. The fourth-order valence-electron chi connectivity index (χ4n) is 1.59. The first-order valence-electron chi connectivity index (χ1n) is 5.57. The van der Waals surface area contributed by atoms with Crippen LogP contribution in [0, 0.1) is 0 Å². The standard InChI is InChI=1S/C13H15N3O2/c1-15-13(17)10-2-3-11(14)12(6-10)16-7-9-4-5-18-8-9/h2-6,8,16H,7,14H2,1H3,(H,15,17). The first-order valence-corrected chi connectivity index (χ1v) is 5.57. The van der Waals surface area contributed by atoms with Crippen LogP contribution in [0.25, 0.3) is 0 Å². The van der Waals surface area contributed by atoms with Gasteiger partial charge in [-0.3, -0.25) is 4.79 Å². The number of amides is 1. The van der Waals surface area contributed by atoms with Gasteiger partial charge in [0.15, 0.2) is 0 Å². The van der Waals surface area contributed by atoms with Crippen molar-refractivity contribution in [1.82, 2.24) is 5.32 Å². The molecule has 94 valence electrons. The zero-order valence-corrected chi connectivity index (χ0v) is 10.1. The van der Waals surface area contributed by atoms with Crippen molar-refractivity contribution in [3.05, 3.63) is 47.9 Å². The molecule has 0 unspecified atom stereocenters. The Labute approximate surface area is 105 Å². The number of hydrogen-bond donors (Lipinski definition) is 3. The van der Waals surface area contributed by atoms with Gasteiger partial charge in [0, 0.05) is 24.7 Å². The van der Waals surface area contributed by atoms with Gasteiger partial charge in [0.1, 0.15) is 0 Å². The predicted octanol–water partition coefficient (Wildman–Crippen LogP) is 1.83. The molecule has 1 aromatic carbocycles. The Balaban J connectivity index is 2.13. The summed E-state index contributed by atoms with van der Waals surface area (Å²) in [6.45, 7) is 0.595. The summed E-state index contributed by atoms with van der Waals surface area (Å²) in [6, 6.07) is 7.00. The summed E-state index contributed by atoms with van der Waals surface area (Å²) < 4.78 is 4.98. The largest absolute Gasteiger partial charge is 0.472 e. The van der Waals surface area contributed by atoms with E-state index in [1.54, 1.807) is 37.8 Å². The zero-order chi connectivity index (χ0) is 13.0. The molecule has 0 aliphatic heterocycles. The zero-order valence-electron chi connectivity index (χ0n) is 10.1. The number of benzene rings is 1. The van der Waals surface area contributed by atoms with Crippen LogP contribution in [-0.4, -0.2) is 13.0 Å². The minimum absolute atomic E-state index is 0.138. The van der Waals surface area contributed by atoms with Crippen LogP contribution in [0.1, 0.15) is 15.9 Å². The SMILES string of the molecule is CNC(=O)c1ccc(N)c(NCc2ccoc2)c1. The first-order chi connectivity index (χ1) is 8.70. The van der Waals surface area contributed by atoms with Crippen LogP contribution in [-0.2, 0) is 6.54 Å². The van der Waals surface area contributed by atoms with Gasteiger partial charge in [0.2, 0.25) is 0 Å². The summed E-state index contributed by atoms with van der Waals surface area (Å²) in [4.78, 5) is 11.5. The van der Waals surface area contributed by atoms with E-state index in [2.05, 4.69) is 10.6 Å². The van der Waals surface area contributed by atoms with Gasteiger partial charge in [-0.2, -0.15) is 0 Å². The van der Waals surface area contributed by atoms with Crippen LogP contribution in [0.4, 0.5) is 11.4 Å². The van der Waals surface area contributed by atoms with Crippen molar-refractivity contribution in [2.75, 3.05) is 18.1 Å². The second kappa shape index (κ2) is 5.27. The topological polar surface area (TPSA) is 80.3 Å².